The van der Waals surface area contributed by atoms with E-state index >= 15 is 0 Å². The van der Waals surface area contributed by atoms with Crippen LogP contribution in [-0.4, -0.2) is 26.2 Å². The van der Waals surface area contributed by atoms with Gasteiger partial charge in [0, 0.05) is 5.41 Å². The molecule has 0 spiro atoms. The average Bonchev–Trinajstić information content (AvgIpc) is 2.78. The van der Waals surface area contributed by atoms with Crippen molar-refractivity contribution in [3.63, 3.8) is 0 Å². The fourth-order valence-corrected chi connectivity index (χ4v) is 4.21. The molecule has 1 saturated heterocycles. The minimum absolute atomic E-state index is 0.0972. The van der Waals surface area contributed by atoms with E-state index in [1.54, 1.807) is 0 Å². The van der Waals surface area contributed by atoms with Crippen molar-refractivity contribution in [1.82, 2.24) is 0 Å². The highest BCUT2D eigenvalue weighted by Gasteiger charge is 2.45. The lowest BCUT2D eigenvalue weighted by Crippen LogP contribution is -2.24. The number of carbonyl (C=O) groups excluding carboxylic acids is 1. The highest BCUT2D eigenvalue weighted by atomic mass is 32.2. The van der Waals surface area contributed by atoms with Crippen LogP contribution in [0.1, 0.15) is 25.7 Å². The van der Waals surface area contributed by atoms with Crippen molar-refractivity contribution < 1.29 is 13.2 Å². The lowest BCUT2D eigenvalue weighted by atomic mass is 9.84. The van der Waals surface area contributed by atoms with Gasteiger partial charge in [0.2, 0.25) is 0 Å². The summed E-state index contributed by atoms with van der Waals surface area (Å²) in [4.78, 5) is 10.9. The van der Waals surface area contributed by atoms with Gasteiger partial charge in [-0.3, -0.25) is 0 Å². The fourth-order valence-electron chi connectivity index (χ4n) is 2.14. The van der Waals surface area contributed by atoms with E-state index in [4.69, 9.17) is 0 Å². The summed E-state index contributed by atoms with van der Waals surface area (Å²) in [5, 5.41) is 0. The Morgan fingerprint density at radius 3 is 2.46 bits per heavy atom. The molecule has 13 heavy (non-hydrogen) atoms. The molecule has 1 atom stereocenters. The molecule has 1 aliphatic carbocycles. The van der Waals surface area contributed by atoms with Gasteiger partial charge >= 0.3 is 0 Å². The van der Waals surface area contributed by atoms with Gasteiger partial charge in [-0.2, -0.15) is 0 Å². The van der Waals surface area contributed by atoms with Gasteiger partial charge < -0.3 is 4.79 Å². The Bertz CT molecular complexity index is 316. The van der Waals surface area contributed by atoms with Crippen LogP contribution in [0.3, 0.4) is 0 Å². The van der Waals surface area contributed by atoms with Crippen molar-refractivity contribution in [3.05, 3.63) is 0 Å². The minimum atomic E-state index is -2.92. The molecule has 0 aromatic rings. The molecule has 0 bridgehead atoms. The lowest BCUT2D eigenvalue weighted by molar-refractivity contribution is -0.115. The summed E-state index contributed by atoms with van der Waals surface area (Å²) in [7, 11) is -2.92. The van der Waals surface area contributed by atoms with E-state index in [1.807, 2.05) is 0 Å². The van der Waals surface area contributed by atoms with Gasteiger partial charge in [0.25, 0.3) is 0 Å². The number of hydrogen-bond acceptors (Lipinski definition) is 3. The normalized spacial score (nSPS) is 37.5. The smallest absolute Gasteiger partial charge is 0.151 e. The van der Waals surface area contributed by atoms with E-state index in [2.05, 4.69) is 0 Å². The quantitative estimate of drug-likeness (QED) is 0.636. The summed E-state index contributed by atoms with van der Waals surface area (Å²) in [6.45, 7) is 0. The van der Waals surface area contributed by atoms with Gasteiger partial charge in [-0.05, 0) is 18.8 Å². The molecular formula is C9H14O3S. The molecule has 1 saturated carbocycles. The number of aldehydes is 1. The number of sulfone groups is 1. The fraction of sp³-hybridized carbons (Fsp3) is 0.889. The molecule has 4 heteroatoms. The monoisotopic (exact) mass is 202 g/mol. The Kier molecular flexibility index (Phi) is 1.98. The van der Waals surface area contributed by atoms with Crippen molar-refractivity contribution in [2.75, 3.05) is 11.5 Å². The van der Waals surface area contributed by atoms with Crippen LogP contribution in [0.5, 0.6) is 0 Å². The van der Waals surface area contributed by atoms with E-state index in [9.17, 15) is 13.2 Å². The van der Waals surface area contributed by atoms with Crippen LogP contribution in [0.4, 0.5) is 0 Å². The largest absolute Gasteiger partial charge is 0.303 e. The molecule has 0 aromatic heterocycles. The lowest BCUT2D eigenvalue weighted by Gasteiger charge is -2.19. The van der Waals surface area contributed by atoms with Crippen molar-refractivity contribution in [1.29, 1.82) is 0 Å². The summed E-state index contributed by atoms with van der Waals surface area (Å²) < 4.78 is 22.5. The third-order valence-electron chi connectivity index (χ3n) is 3.06. The Labute approximate surface area is 78.4 Å². The second kappa shape index (κ2) is 2.80. The van der Waals surface area contributed by atoms with E-state index in [0.29, 0.717) is 12.3 Å². The van der Waals surface area contributed by atoms with Gasteiger partial charge in [0.1, 0.15) is 6.29 Å². The van der Waals surface area contributed by atoms with Crippen molar-refractivity contribution in [3.8, 4) is 0 Å². The van der Waals surface area contributed by atoms with Crippen LogP contribution in [0.25, 0.3) is 0 Å². The van der Waals surface area contributed by atoms with Crippen molar-refractivity contribution in [2.45, 2.75) is 25.7 Å². The maximum Gasteiger partial charge on any atom is 0.151 e. The van der Waals surface area contributed by atoms with Crippen molar-refractivity contribution >= 4 is 16.1 Å². The molecule has 0 amide bonds. The molecule has 1 unspecified atom stereocenters. The summed E-state index contributed by atoms with van der Waals surface area (Å²) in [5.41, 5.74) is -0.514. The zero-order valence-electron chi connectivity index (χ0n) is 7.53. The third-order valence-corrected chi connectivity index (χ3v) is 4.90. The summed E-state index contributed by atoms with van der Waals surface area (Å²) >= 11 is 0. The first-order valence-corrected chi connectivity index (χ1v) is 6.54. The average molecular weight is 202 g/mol. The maximum absolute atomic E-state index is 11.2. The molecule has 2 aliphatic rings. The van der Waals surface area contributed by atoms with Crippen LogP contribution in [0, 0.1) is 11.3 Å². The van der Waals surface area contributed by atoms with Gasteiger partial charge in [0.15, 0.2) is 9.84 Å². The first-order valence-electron chi connectivity index (χ1n) is 4.72. The highest BCUT2D eigenvalue weighted by Crippen LogP contribution is 2.44. The predicted molar refractivity (Wildman–Crippen MR) is 49.1 cm³/mol. The van der Waals surface area contributed by atoms with E-state index < -0.39 is 15.3 Å². The number of carbonyl (C=O) groups is 1. The molecule has 74 valence electrons. The minimum Gasteiger partial charge on any atom is -0.303 e. The molecule has 0 N–H and O–H groups in total. The summed E-state index contributed by atoms with van der Waals surface area (Å²) in [5.74, 6) is 0.928. The summed E-state index contributed by atoms with van der Waals surface area (Å²) in [6.07, 6.45) is 4.59. The van der Waals surface area contributed by atoms with E-state index in [-0.39, 0.29) is 11.5 Å². The molecule has 2 fully saturated rings. The number of hydrogen-bond donors (Lipinski definition) is 0. The first-order chi connectivity index (χ1) is 6.05. The zero-order valence-corrected chi connectivity index (χ0v) is 8.35. The molecule has 0 aromatic carbocycles. The SMILES string of the molecule is O=CC1(CC2CC2)CCS(=O)(=O)C1. The summed E-state index contributed by atoms with van der Waals surface area (Å²) in [6, 6.07) is 0. The van der Waals surface area contributed by atoms with Crippen molar-refractivity contribution in [2.24, 2.45) is 11.3 Å². The second-order valence-electron chi connectivity index (χ2n) is 4.47. The van der Waals surface area contributed by atoms with Gasteiger partial charge in [-0.1, -0.05) is 12.8 Å². The third kappa shape index (κ3) is 1.93. The molecule has 1 heterocycles. The number of rotatable bonds is 3. The molecule has 3 nitrogen and oxygen atoms in total. The zero-order chi connectivity index (χ0) is 9.53. The molecule has 2 rings (SSSR count). The first kappa shape index (κ1) is 9.19. The van der Waals surface area contributed by atoms with Crippen LogP contribution >= 0.6 is 0 Å². The van der Waals surface area contributed by atoms with E-state index in [1.165, 1.54) is 12.8 Å². The van der Waals surface area contributed by atoms with Crippen LogP contribution < -0.4 is 0 Å². The van der Waals surface area contributed by atoms with Gasteiger partial charge in [0.05, 0.1) is 11.5 Å². The van der Waals surface area contributed by atoms with Crippen LogP contribution in [0.15, 0.2) is 0 Å². The topological polar surface area (TPSA) is 51.2 Å². The Hall–Kier alpha value is -0.380. The van der Waals surface area contributed by atoms with Crippen LogP contribution in [0.2, 0.25) is 0 Å². The maximum atomic E-state index is 11.2. The molecular weight excluding hydrogens is 188 g/mol. The Balaban J connectivity index is 2.12. The Morgan fingerprint density at radius 1 is 1.38 bits per heavy atom. The highest BCUT2D eigenvalue weighted by molar-refractivity contribution is 7.91. The molecule has 0 radical (unpaired) electrons. The second-order valence-corrected chi connectivity index (χ2v) is 6.65. The van der Waals surface area contributed by atoms with Gasteiger partial charge in [-0.15, -0.1) is 0 Å². The van der Waals surface area contributed by atoms with Gasteiger partial charge in [-0.25, -0.2) is 8.42 Å². The molecule has 1 aliphatic heterocycles. The van der Waals surface area contributed by atoms with Crippen LogP contribution in [-0.2, 0) is 14.6 Å². The Morgan fingerprint density at radius 2 is 2.08 bits per heavy atom. The standard InChI is InChI=1S/C9H14O3S/c10-6-9(5-8-1-2-8)3-4-13(11,12)7-9/h6,8H,1-5,7H2. The van der Waals surface area contributed by atoms with E-state index in [0.717, 1.165) is 12.7 Å². The predicted octanol–water partition coefficient (Wildman–Crippen LogP) is 0.790.